The van der Waals surface area contributed by atoms with Crippen molar-refractivity contribution in [3.05, 3.63) is 36.5 Å². The van der Waals surface area contributed by atoms with Crippen LogP contribution in [-0.4, -0.2) is 16.9 Å². The minimum Gasteiger partial charge on any atom is -0.447 e. The summed E-state index contributed by atoms with van der Waals surface area (Å²) in [6, 6.07) is 9.69. The van der Waals surface area contributed by atoms with Crippen LogP contribution >= 0.6 is 0 Å². The predicted molar refractivity (Wildman–Crippen MR) is 55.2 cm³/mol. The van der Waals surface area contributed by atoms with Crippen LogP contribution in [0.2, 0.25) is 6.82 Å². The van der Waals surface area contributed by atoms with E-state index >= 15 is 0 Å². The van der Waals surface area contributed by atoms with Gasteiger partial charge < -0.3 is 5.02 Å². The Kier molecular flexibility index (Phi) is 2.03. The highest BCUT2D eigenvalue weighted by atomic mass is 16.2. The Morgan fingerprint density at radius 2 is 2.15 bits per heavy atom. The summed E-state index contributed by atoms with van der Waals surface area (Å²) in [6.45, 7) is 1.35. The van der Waals surface area contributed by atoms with E-state index in [1.165, 1.54) is 0 Å². The molecular formula is C10H10BNO. The molecule has 0 saturated carbocycles. The van der Waals surface area contributed by atoms with E-state index < -0.39 is 6.92 Å². The lowest BCUT2D eigenvalue weighted by atomic mass is 9.64. The number of benzene rings is 1. The van der Waals surface area contributed by atoms with Crippen molar-refractivity contribution in [3.63, 3.8) is 0 Å². The van der Waals surface area contributed by atoms with Gasteiger partial charge in [0, 0.05) is 6.20 Å². The zero-order chi connectivity index (χ0) is 9.26. The molecular weight excluding hydrogens is 161 g/mol. The molecule has 1 heterocycles. The molecule has 0 amide bonds. The van der Waals surface area contributed by atoms with Gasteiger partial charge in [-0.3, -0.25) is 4.98 Å². The monoisotopic (exact) mass is 171 g/mol. The van der Waals surface area contributed by atoms with E-state index in [4.69, 9.17) is 0 Å². The Morgan fingerprint density at radius 1 is 1.31 bits per heavy atom. The van der Waals surface area contributed by atoms with Crippen molar-refractivity contribution in [2.45, 2.75) is 6.82 Å². The van der Waals surface area contributed by atoms with Gasteiger partial charge in [0.2, 0.25) is 0 Å². The van der Waals surface area contributed by atoms with Crippen LogP contribution in [0.5, 0.6) is 0 Å². The molecule has 64 valence electrons. The highest BCUT2D eigenvalue weighted by molar-refractivity contribution is 6.65. The summed E-state index contributed by atoms with van der Waals surface area (Å²) >= 11 is 0. The Hall–Kier alpha value is -1.35. The van der Waals surface area contributed by atoms with Gasteiger partial charge in [0.25, 0.3) is 0 Å². The van der Waals surface area contributed by atoms with Gasteiger partial charge in [-0.15, -0.1) is 0 Å². The molecule has 0 saturated heterocycles. The van der Waals surface area contributed by atoms with Crippen molar-refractivity contribution < 1.29 is 5.02 Å². The van der Waals surface area contributed by atoms with Crippen molar-refractivity contribution >= 4 is 23.3 Å². The lowest BCUT2D eigenvalue weighted by Crippen LogP contribution is -2.25. The molecule has 1 aromatic carbocycles. The molecule has 2 nitrogen and oxygen atoms in total. The second kappa shape index (κ2) is 3.19. The summed E-state index contributed by atoms with van der Waals surface area (Å²) in [7, 11) is 0. The van der Waals surface area contributed by atoms with Gasteiger partial charge in [-0.2, -0.15) is 0 Å². The second-order valence-corrected chi connectivity index (χ2v) is 3.13. The van der Waals surface area contributed by atoms with Gasteiger partial charge in [0.15, 0.2) is 0 Å². The van der Waals surface area contributed by atoms with Gasteiger partial charge in [-0.25, -0.2) is 0 Å². The van der Waals surface area contributed by atoms with Crippen molar-refractivity contribution in [1.29, 1.82) is 0 Å². The molecule has 2 aromatic rings. The zero-order valence-electron chi connectivity index (χ0n) is 7.44. The third-order valence-electron chi connectivity index (χ3n) is 2.11. The van der Waals surface area contributed by atoms with Crippen LogP contribution in [0.25, 0.3) is 10.9 Å². The number of hydrogen-bond donors (Lipinski definition) is 1. The predicted octanol–water partition coefficient (Wildman–Crippen LogP) is 1.06. The van der Waals surface area contributed by atoms with Crippen molar-refractivity contribution in [3.8, 4) is 0 Å². The summed E-state index contributed by atoms with van der Waals surface area (Å²) in [5, 5.41) is 10.4. The van der Waals surface area contributed by atoms with Crippen LogP contribution in [0.4, 0.5) is 0 Å². The number of fused-ring (bicyclic) bond motifs is 1. The summed E-state index contributed by atoms with van der Waals surface area (Å²) < 4.78 is 0. The van der Waals surface area contributed by atoms with Crippen molar-refractivity contribution in [2.24, 2.45) is 0 Å². The number of aromatic nitrogens is 1. The SMILES string of the molecule is CB(O)c1ccc2ncccc2c1. The van der Waals surface area contributed by atoms with E-state index in [1.807, 2.05) is 30.3 Å². The number of hydrogen-bond acceptors (Lipinski definition) is 2. The van der Waals surface area contributed by atoms with Gasteiger partial charge >= 0.3 is 6.92 Å². The van der Waals surface area contributed by atoms with Crippen LogP contribution < -0.4 is 5.46 Å². The first-order valence-corrected chi connectivity index (χ1v) is 4.30. The van der Waals surface area contributed by atoms with E-state index in [1.54, 1.807) is 13.0 Å². The lowest BCUT2D eigenvalue weighted by Gasteiger charge is -2.02. The molecule has 0 aliphatic rings. The fraction of sp³-hybridized carbons (Fsp3) is 0.100. The highest BCUT2D eigenvalue weighted by Crippen LogP contribution is 2.07. The average molecular weight is 171 g/mol. The standard InChI is InChI=1S/C10H10BNO/c1-11(13)9-4-5-10-8(7-9)3-2-6-12-10/h2-7,13H,1H3. The Bertz CT molecular complexity index is 428. The van der Waals surface area contributed by atoms with Gasteiger partial charge in [0.05, 0.1) is 5.52 Å². The van der Waals surface area contributed by atoms with Crippen molar-refractivity contribution in [2.75, 3.05) is 0 Å². The summed E-state index contributed by atoms with van der Waals surface area (Å²) in [5.74, 6) is 0. The van der Waals surface area contributed by atoms with E-state index in [0.29, 0.717) is 0 Å². The van der Waals surface area contributed by atoms with E-state index in [9.17, 15) is 5.02 Å². The van der Waals surface area contributed by atoms with Gasteiger partial charge in [-0.05, 0) is 23.0 Å². The third kappa shape index (κ3) is 1.56. The van der Waals surface area contributed by atoms with Crippen molar-refractivity contribution in [1.82, 2.24) is 4.98 Å². The lowest BCUT2D eigenvalue weighted by molar-refractivity contribution is 0.594. The van der Waals surface area contributed by atoms with Crippen LogP contribution in [-0.2, 0) is 0 Å². The highest BCUT2D eigenvalue weighted by Gasteiger charge is 2.06. The van der Waals surface area contributed by atoms with E-state index in [-0.39, 0.29) is 0 Å². The first kappa shape index (κ1) is 8.26. The fourth-order valence-electron chi connectivity index (χ4n) is 1.35. The van der Waals surface area contributed by atoms with E-state index in [2.05, 4.69) is 4.98 Å². The van der Waals surface area contributed by atoms with Crippen LogP contribution in [0.3, 0.4) is 0 Å². The molecule has 0 atom stereocenters. The number of pyridine rings is 1. The van der Waals surface area contributed by atoms with Crippen LogP contribution in [0, 0.1) is 0 Å². The third-order valence-corrected chi connectivity index (χ3v) is 2.11. The molecule has 0 aliphatic heterocycles. The maximum Gasteiger partial charge on any atom is 0.320 e. The molecule has 0 spiro atoms. The molecule has 0 unspecified atom stereocenters. The summed E-state index contributed by atoms with van der Waals surface area (Å²) in [4.78, 5) is 4.20. The first-order chi connectivity index (χ1) is 6.27. The topological polar surface area (TPSA) is 33.1 Å². The Labute approximate surface area is 77.3 Å². The maximum atomic E-state index is 9.36. The van der Waals surface area contributed by atoms with Crippen LogP contribution in [0.15, 0.2) is 36.5 Å². The fourth-order valence-corrected chi connectivity index (χ4v) is 1.35. The van der Waals surface area contributed by atoms with Gasteiger partial charge in [-0.1, -0.05) is 25.0 Å². The Morgan fingerprint density at radius 3 is 2.92 bits per heavy atom. The molecule has 1 N–H and O–H groups in total. The Balaban J connectivity index is 2.62. The molecule has 0 fully saturated rings. The van der Waals surface area contributed by atoms with Crippen LogP contribution in [0.1, 0.15) is 0 Å². The minimum atomic E-state index is -0.412. The molecule has 0 radical (unpaired) electrons. The average Bonchev–Trinajstić information content (AvgIpc) is 2.17. The number of rotatable bonds is 1. The minimum absolute atomic E-state index is 0.412. The number of nitrogens with zero attached hydrogens (tertiary/aromatic N) is 1. The second-order valence-electron chi connectivity index (χ2n) is 3.13. The zero-order valence-corrected chi connectivity index (χ0v) is 7.44. The summed E-state index contributed by atoms with van der Waals surface area (Å²) in [6.07, 6.45) is 1.77. The van der Waals surface area contributed by atoms with E-state index in [0.717, 1.165) is 16.4 Å². The van der Waals surface area contributed by atoms with Gasteiger partial charge in [0.1, 0.15) is 0 Å². The maximum absolute atomic E-state index is 9.36. The summed E-state index contributed by atoms with van der Waals surface area (Å²) in [5.41, 5.74) is 1.90. The molecule has 0 aliphatic carbocycles. The largest absolute Gasteiger partial charge is 0.447 e. The molecule has 0 bridgehead atoms. The first-order valence-electron chi connectivity index (χ1n) is 4.30. The smallest absolute Gasteiger partial charge is 0.320 e. The normalized spacial score (nSPS) is 10.3. The molecule has 1 aromatic heterocycles. The molecule has 2 rings (SSSR count). The molecule has 3 heteroatoms. The quantitative estimate of drug-likeness (QED) is 0.650. The molecule has 13 heavy (non-hydrogen) atoms.